The molecule has 0 rings (SSSR count). The van der Waals surface area contributed by atoms with E-state index < -0.39 is 31.0 Å². The molecule has 0 aromatic carbocycles. The van der Waals surface area contributed by atoms with Crippen molar-refractivity contribution in [3.8, 4) is 0 Å². The zero-order valence-corrected chi connectivity index (χ0v) is 8.52. The highest BCUT2D eigenvalue weighted by Gasteiger charge is 2.27. The number of halogens is 2. The van der Waals surface area contributed by atoms with Crippen molar-refractivity contribution in [1.82, 2.24) is 5.32 Å². The number of thioether (sulfide) groups is 1. The van der Waals surface area contributed by atoms with Gasteiger partial charge in [-0.05, 0) is 0 Å². The molecular formula is C7H11F2NO4S. The quantitative estimate of drug-likeness (QED) is 0.563. The van der Waals surface area contributed by atoms with Crippen LogP contribution in [0.25, 0.3) is 0 Å². The van der Waals surface area contributed by atoms with Crippen molar-refractivity contribution >= 4 is 23.6 Å². The largest absolute Gasteiger partial charge is 0.481 e. The number of aliphatic hydroxyl groups excluding tert-OH is 1. The SMILES string of the molecule is O=C(O)CSCC(=O)NCC(F)(F)CO. The molecule has 3 N–H and O–H groups in total. The third kappa shape index (κ3) is 8.13. The number of alkyl halides is 2. The topological polar surface area (TPSA) is 86.6 Å². The van der Waals surface area contributed by atoms with Crippen molar-refractivity contribution in [3.05, 3.63) is 0 Å². The molecule has 0 unspecified atom stereocenters. The van der Waals surface area contributed by atoms with Crippen molar-refractivity contribution in [2.75, 3.05) is 24.7 Å². The number of hydrogen-bond donors (Lipinski definition) is 3. The Hall–Kier alpha value is -0.890. The molecule has 0 saturated heterocycles. The maximum Gasteiger partial charge on any atom is 0.313 e. The maximum atomic E-state index is 12.4. The fraction of sp³-hybridized carbons (Fsp3) is 0.714. The van der Waals surface area contributed by atoms with Gasteiger partial charge in [-0.3, -0.25) is 9.59 Å². The number of carboxylic acid groups (broad SMARTS) is 1. The molecule has 0 aliphatic rings. The summed E-state index contributed by atoms with van der Waals surface area (Å²) in [5.41, 5.74) is 0. The minimum Gasteiger partial charge on any atom is -0.481 e. The number of rotatable bonds is 7. The van der Waals surface area contributed by atoms with Gasteiger partial charge in [0.1, 0.15) is 6.61 Å². The van der Waals surface area contributed by atoms with E-state index in [1.807, 2.05) is 5.32 Å². The molecule has 0 spiro atoms. The molecule has 1 amide bonds. The normalized spacial score (nSPS) is 11.1. The number of nitrogens with one attached hydrogen (secondary N) is 1. The third-order valence-electron chi connectivity index (χ3n) is 1.23. The van der Waals surface area contributed by atoms with Crippen LogP contribution in [-0.4, -0.2) is 52.7 Å². The average molecular weight is 243 g/mol. The smallest absolute Gasteiger partial charge is 0.313 e. The number of carbonyl (C=O) groups is 2. The highest BCUT2D eigenvalue weighted by molar-refractivity contribution is 8.00. The van der Waals surface area contributed by atoms with Crippen molar-refractivity contribution in [3.63, 3.8) is 0 Å². The molecule has 0 aliphatic heterocycles. The molecule has 5 nitrogen and oxygen atoms in total. The lowest BCUT2D eigenvalue weighted by molar-refractivity contribution is -0.133. The van der Waals surface area contributed by atoms with Crippen LogP contribution in [0.4, 0.5) is 8.78 Å². The molecular weight excluding hydrogens is 232 g/mol. The number of hydrogen-bond acceptors (Lipinski definition) is 4. The lowest BCUT2D eigenvalue weighted by Gasteiger charge is -2.13. The van der Waals surface area contributed by atoms with E-state index in [1.54, 1.807) is 0 Å². The van der Waals surface area contributed by atoms with Crippen molar-refractivity contribution in [2.45, 2.75) is 5.92 Å². The van der Waals surface area contributed by atoms with Crippen molar-refractivity contribution in [2.24, 2.45) is 0 Å². The fourth-order valence-electron chi connectivity index (χ4n) is 0.566. The Balaban J connectivity index is 3.62. The van der Waals surface area contributed by atoms with Crippen LogP contribution in [0.3, 0.4) is 0 Å². The number of aliphatic carboxylic acids is 1. The Morgan fingerprint density at radius 1 is 1.33 bits per heavy atom. The Kier molecular flexibility index (Phi) is 6.18. The van der Waals surface area contributed by atoms with Crippen LogP contribution in [0.5, 0.6) is 0 Å². The van der Waals surface area contributed by atoms with E-state index in [1.165, 1.54) is 0 Å². The predicted molar refractivity (Wildman–Crippen MR) is 50.0 cm³/mol. The molecule has 0 aromatic rings. The number of carbonyl (C=O) groups excluding carboxylic acids is 1. The molecule has 0 aliphatic carbocycles. The van der Waals surface area contributed by atoms with Crippen LogP contribution in [0.1, 0.15) is 0 Å². The van der Waals surface area contributed by atoms with E-state index in [0.717, 1.165) is 11.8 Å². The Morgan fingerprint density at radius 3 is 2.40 bits per heavy atom. The van der Waals surface area contributed by atoms with Gasteiger partial charge in [0, 0.05) is 0 Å². The van der Waals surface area contributed by atoms with Gasteiger partial charge in [0.05, 0.1) is 18.1 Å². The number of carboxylic acids is 1. The molecule has 0 radical (unpaired) electrons. The molecule has 0 heterocycles. The van der Waals surface area contributed by atoms with Gasteiger partial charge >= 0.3 is 5.97 Å². The van der Waals surface area contributed by atoms with E-state index >= 15 is 0 Å². The summed E-state index contributed by atoms with van der Waals surface area (Å²) < 4.78 is 24.8. The summed E-state index contributed by atoms with van der Waals surface area (Å²) in [6.07, 6.45) is 0. The lowest BCUT2D eigenvalue weighted by atomic mass is 10.3. The maximum absolute atomic E-state index is 12.4. The van der Waals surface area contributed by atoms with Crippen molar-refractivity contribution < 1.29 is 28.6 Å². The van der Waals surface area contributed by atoms with Crippen LogP contribution in [0.15, 0.2) is 0 Å². The van der Waals surface area contributed by atoms with Gasteiger partial charge in [0.2, 0.25) is 5.91 Å². The molecule has 8 heteroatoms. The first-order valence-electron chi connectivity index (χ1n) is 3.92. The average Bonchev–Trinajstić information content (AvgIpc) is 2.14. The molecule has 0 aromatic heterocycles. The third-order valence-corrected chi connectivity index (χ3v) is 2.15. The highest BCUT2D eigenvalue weighted by atomic mass is 32.2. The summed E-state index contributed by atoms with van der Waals surface area (Å²) in [7, 11) is 0. The van der Waals surface area contributed by atoms with Crippen LogP contribution in [0, 0.1) is 0 Å². The molecule has 0 saturated carbocycles. The molecule has 15 heavy (non-hydrogen) atoms. The monoisotopic (exact) mass is 243 g/mol. The van der Waals surface area contributed by atoms with E-state index in [4.69, 9.17) is 10.2 Å². The zero-order chi connectivity index (χ0) is 11.9. The van der Waals surface area contributed by atoms with Gasteiger partial charge in [-0.1, -0.05) is 0 Å². The van der Waals surface area contributed by atoms with Crippen LogP contribution < -0.4 is 5.32 Å². The van der Waals surface area contributed by atoms with E-state index in [-0.39, 0.29) is 11.5 Å². The summed E-state index contributed by atoms with van der Waals surface area (Å²) >= 11 is 0.809. The van der Waals surface area contributed by atoms with E-state index in [9.17, 15) is 18.4 Å². The standard InChI is InChI=1S/C7H11F2NO4S/c8-7(9,4-11)3-10-5(12)1-15-2-6(13)14/h11H,1-4H2,(H,10,12)(H,13,14). The Bertz CT molecular complexity index is 237. The van der Waals surface area contributed by atoms with Gasteiger partial charge in [0.15, 0.2) is 0 Å². The van der Waals surface area contributed by atoms with Crippen LogP contribution in [-0.2, 0) is 9.59 Å². The van der Waals surface area contributed by atoms with E-state index in [0.29, 0.717) is 0 Å². The second-order valence-electron chi connectivity index (χ2n) is 2.68. The molecule has 0 atom stereocenters. The van der Waals surface area contributed by atoms with Gasteiger partial charge in [0.25, 0.3) is 5.92 Å². The van der Waals surface area contributed by atoms with Gasteiger partial charge < -0.3 is 15.5 Å². The first kappa shape index (κ1) is 14.1. The minimum absolute atomic E-state index is 0.201. The molecule has 0 fully saturated rings. The zero-order valence-electron chi connectivity index (χ0n) is 7.70. The lowest BCUT2D eigenvalue weighted by Crippen LogP contribution is -2.39. The minimum atomic E-state index is -3.34. The Morgan fingerprint density at radius 2 is 1.93 bits per heavy atom. The number of aliphatic hydroxyl groups is 1. The first-order valence-corrected chi connectivity index (χ1v) is 5.08. The Labute approximate surface area is 88.8 Å². The summed E-state index contributed by atoms with van der Waals surface area (Å²) in [5.74, 6) is -5.56. The number of amides is 1. The van der Waals surface area contributed by atoms with Gasteiger partial charge in [-0.15, -0.1) is 11.8 Å². The predicted octanol–water partition coefficient (Wildman–Crippen LogP) is -0.452. The molecule has 88 valence electrons. The van der Waals surface area contributed by atoms with Crippen LogP contribution in [0.2, 0.25) is 0 Å². The second-order valence-corrected chi connectivity index (χ2v) is 3.66. The van der Waals surface area contributed by atoms with E-state index in [2.05, 4.69) is 0 Å². The molecule has 0 bridgehead atoms. The van der Waals surface area contributed by atoms with Gasteiger partial charge in [-0.25, -0.2) is 8.78 Å². The van der Waals surface area contributed by atoms with Crippen LogP contribution >= 0.6 is 11.8 Å². The summed E-state index contributed by atoms with van der Waals surface area (Å²) in [6.45, 7) is -2.29. The second kappa shape index (κ2) is 6.57. The van der Waals surface area contributed by atoms with Gasteiger partial charge in [-0.2, -0.15) is 0 Å². The highest BCUT2D eigenvalue weighted by Crippen LogP contribution is 2.09. The summed E-state index contributed by atoms with van der Waals surface area (Å²) in [4.78, 5) is 20.9. The summed E-state index contributed by atoms with van der Waals surface area (Å²) in [5, 5.41) is 18.3. The fourth-order valence-corrected chi connectivity index (χ4v) is 1.13. The first-order chi connectivity index (χ1) is 6.87. The van der Waals surface area contributed by atoms with Crippen molar-refractivity contribution in [1.29, 1.82) is 0 Å². The summed E-state index contributed by atoms with van der Waals surface area (Å²) in [6, 6.07) is 0.